The summed E-state index contributed by atoms with van der Waals surface area (Å²) in [5.41, 5.74) is 5.34. The first-order chi connectivity index (χ1) is 12.9. The van der Waals surface area contributed by atoms with Crippen molar-refractivity contribution >= 4 is 15.6 Å². The quantitative estimate of drug-likeness (QED) is 0.160. The van der Waals surface area contributed by atoms with Crippen molar-refractivity contribution in [3.8, 4) is 0 Å². The van der Waals surface area contributed by atoms with Gasteiger partial charge in [-0.1, -0.05) is 0 Å². The van der Waals surface area contributed by atoms with E-state index < -0.39 is 59.1 Å². The van der Waals surface area contributed by atoms with Crippen LogP contribution < -0.4 is 25.3 Å². The average molecular weight is 451 g/mol. The summed E-state index contributed by atoms with van der Waals surface area (Å²) in [6, 6.07) is 0. The molecule has 168 valence electrons. The molecule has 0 amide bonds. The first-order valence-electron chi connectivity index (χ1n) is 8.24. The third-order valence-electron chi connectivity index (χ3n) is 3.75. The molecule has 16 heteroatoms. The maximum atomic E-state index is 10.8. The molecule has 0 aromatic carbocycles. The Kier molecular flexibility index (Phi) is 10.6. The number of aliphatic hydroxyl groups is 3. The minimum absolute atomic E-state index is 0.00639. The second-order valence-electron chi connectivity index (χ2n) is 6.00. The number of phosphoric ester groups is 2. The fraction of sp³-hybridized carbons (Fsp3) is 1.00. The maximum absolute atomic E-state index is 10.8. The molecule has 6 atom stereocenters. The topological polar surface area (TPSA) is 250 Å². The molecule has 0 saturated carbocycles. The van der Waals surface area contributed by atoms with E-state index in [1.165, 1.54) is 0 Å². The normalized spacial score (nSPS) is 30.4. The van der Waals surface area contributed by atoms with Gasteiger partial charge in [0.2, 0.25) is 0 Å². The second kappa shape index (κ2) is 11.4. The van der Waals surface area contributed by atoms with Crippen molar-refractivity contribution in [3.63, 3.8) is 0 Å². The lowest BCUT2D eigenvalue weighted by molar-refractivity contribution is -0.372. The molecule has 0 aromatic heterocycles. The Labute approximate surface area is 160 Å². The lowest BCUT2D eigenvalue weighted by Gasteiger charge is -2.46. The first kappa shape index (κ1) is 26.0. The highest BCUT2D eigenvalue weighted by atomic mass is 31.2. The van der Waals surface area contributed by atoms with Crippen LogP contribution in [0.5, 0.6) is 0 Å². The number of nitrogens with two attached hydrogens (primary N) is 1. The van der Waals surface area contributed by atoms with Gasteiger partial charge in [0.1, 0.15) is 30.5 Å². The molecule has 1 fully saturated rings. The Morgan fingerprint density at radius 2 is 1.68 bits per heavy atom. The standard InChI is InChI=1S/C12H27NO13P2/c13-4-2-1-3-5-23-11-8(15)10(7(14)6-24-27(17,18)19)25-12(9(11)16)26-28(20,21)22/h7-12,14-16H,1-6,13H2,(H2,17,18,19)(H2,20,21,22)/p-4/t7-,8-,9?,10?,11?,12+/m1/s1. The highest BCUT2D eigenvalue weighted by Gasteiger charge is 2.48. The first-order valence-corrected chi connectivity index (χ1v) is 11.2. The Morgan fingerprint density at radius 3 is 2.21 bits per heavy atom. The van der Waals surface area contributed by atoms with E-state index in [0.717, 1.165) is 0 Å². The lowest BCUT2D eigenvalue weighted by Crippen LogP contribution is -2.62. The Hall–Kier alpha value is -0.0200. The largest absolute Gasteiger partial charge is 0.790 e. The fourth-order valence-electron chi connectivity index (χ4n) is 2.49. The van der Waals surface area contributed by atoms with Crippen molar-refractivity contribution in [1.82, 2.24) is 0 Å². The van der Waals surface area contributed by atoms with E-state index in [1.807, 2.05) is 0 Å². The van der Waals surface area contributed by atoms with E-state index in [0.29, 0.717) is 25.8 Å². The maximum Gasteiger partial charge on any atom is 0.191 e. The van der Waals surface area contributed by atoms with Crippen LogP contribution in [0.4, 0.5) is 0 Å². The Balaban J connectivity index is 2.86. The van der Waals surface area contributed by atoms with Crippen molar-refractivity contribution in [2.75, 3.05) is 19.8 Å². The molecule has 1 aliphatic rings. The van der Waals surface area contributed by atoms with Gasteiger partial charge in [0, 0.05) is 6.61 Å². The van der Waals surface area contributed by atoms with Gasteiger partial charge in [-0.2, -0.15) is 0 Å². The van der Waals surface area contributed by atoms with Crippen LogP contribution in [-0.4, -0.2) is 71.9 Å². The summed E-state index contributed by atoms with van der Waals surface area (Å²) >= 11 is 0. The summed E-state index contributed by atoms with van der Waals surface area (Å²) in [5, 5.41) is 30.3. The van der Waals surface area contributed by atoms with Crippen molar-refractivity contribution in [3.05, 3.63) is 0 Å². The summed E-state index contributed by atoms with van der Waals surface area (Å²) < 4.78 is 39.5. The molecule has 1 aliphatic heterocycles. The molecule has 0 bridgehead atoms. The molecule has 0 aromatic rings. The Bertz CT molecular complexity index is 554. The van der Waals surface area contributed by atoms with Crippen molar-refractivity contribution in [2.24, 2.45) is 5.73 Å². The smallest absolute Gasteiger partial charge is 0.191 e. The van der Waals surface area contributed by atoms with Crippen LogP contribution in [0.15, 0.2) is 0 Å². The van der Waals surface area contributed by atoms with Gasteiger partial charge in [0.15, 0.2) is 6.29 Å². The third kappa shape index (κ3) is 9.20. The van der Waals surface area contributed by atoms with Gasteiger partial charge in [-0.25, -0.2) is 0 Å². The Morgan fingerprint density at radius 1 is 1.04 bits per heavy atom. The molecule has 0 radical (unpaired) electrons. The van der Waals surface area contributed by atoms with Crippen LogP contribution >= 0.6 is 15.6 Å². The van der Waals surface area contributed by atoms with Crippen molar-refractivity contribution in [1.29, 1.82) is 0 Å². The number of rotatable bonds is 12. The second-order valence-corrected chi connectivity index (χ2v) is 8.26. The summed E-state index contributed by atoms with van der Waals surface area (Å²) in [5.74, 6) is 0. The predicted octanol–water partition coefficient (Wildman–Crippen LogP) is -5.00. The van der Waals surface area contributed by atoms with E-state index in [-0.39, 0.29) is 6.61 Å². The molecule has 5 N–H and O–H groups in total. The van der Waals surface area contributed by atoms with Crippen LogP contribution in [0.3, 0.4) is 0 Å². The summed E-state index contributed by atoms with van der Waals surface area (Å²) in [7, 11) is -11.1. The van der Waals surface area contributed by atoms with E-state index in [9.17, 15) is 44.0 Å². The average Bonchev–Trinajstić information content (AvgIpc) is 2.56. The minimum Gasteiger partial charge on any atom is -0.790 e. The van der Waals surface area contributed by atoms with Gasteiger partial charge in [-0.3, -0.25) is 0 Å². The number of aliphatic hydroxyl groups excluding tert-OH is 3. The number of unbranched alkanes of at least 4 members (excludes halogenated alkanes) is 2. The molecule has 0 spiro atoms. The van der Waals surface area contributed by atoms with Crippen LogP contribution in [0, 0.1) is 0 Å². The molecule has 1 rings (SSSR count). The highest BCUT2D eigenvalue weighted by molar-refractivity contribution is 7.43. The van der Waals surface area contributed by atoms with E-state index in [4.69, 9.17) is 15.2 Å². The zero-order valence-corrected chi connectivity index (χ0v) is 16.4. The van der Waals surface area contributed by atoms with Crippen molar-refractivity contribution < 1.29 is 62.5 Å². The molecular weight excluding hydrogens is 428 g/mol. The molecular formula is C12H23NO13P2-4. The van der Waals surface area contributed by atoms with Crippen LogP contribution in [-0.2, 0) is 27.7 Å². The predicted molar refractivity (Wildman–Crippen MR) is 81.6 cm³/mol. The fourth-order valence-corrected chi connectivity index (χ4v) is 3.26. The molecule has 1 heterocycles. The molecule has 28 heavy (non-hydrogen) atoms. The highest BCUT2D eigenvalue weighted by Crippen LogP contribution is 2.35. The van der Waals surface area contributed by atoms with Crippen molar-refractivity contribution in [2.45, 2.75) is 56.1 Å². The number of hydrogen-bond donors (Lipinski definition) is 4. The van der Waals surface area contributed by atoms with Gasteiger partial charge in [-0.05, 0) is 25.8 Å². The van der Waals surface area contributed by atoms with Gasteiger partial charge in [0.05, 0.1) is 22.3 Å². The molecule has 1 saturated heterocycles. The molecule has 14 nitrogen and oxygen atoms in total. The van der Waals surface area contributed by atoms with Crippen LogP contribution in [0.2, 0.25) is 0 Å². The minimum atomic E-state index is -5.65. The number of phosphoric acid groups is 2. The summed E-state index contributed by atoms with van der Waals surface area (Å²) in [4.78, 5) is 42.7. The lowest BCUT2D eigenvalue weighted by atomic mass is 9.95. The molecule has 3 unspecified atom stereocenters. The van der Waals surface area contributed by atoms with Gasteiger partial charge in [-0.15, -0.1) is 0 Å². The van der Waals surface area contributed by atoms with E-state index in [2.05, 4.69) is 9.05 Å². The summed E-state index contributed by atoms with van der Waals surface area (Å²) in [6.45, 7) is -0.698. The van der Waals surface area contributed by atoms with Crippen LogP contribution in [0.25, 0.3) is 0 Å². The number of hydrogen-bond acceptors (Lipinski definition) is 14. The van der Waals surface area contributed by atoms with Gasteiger partial charge >= 0.3 is 0 Å². The molecule has 0 aliphatic carbocycles. The van der Waals surface area contributed by atoms with Gasteiger partial charge < -0.3 is 68.3 Å². The zero-order valence-electron chi connectivity index (χ0n) is 14.6. The van der Waals surface area contributed by atoms with E-state index in [1.54, 1.807) is 0 Å². The van der Waals surface area contributed by atoms with E-state index >= 15 is 0 Å². The monoisotopic (exact) mass is 451 g/mol. The summed E-state index contributed by atoms with van der Waals surface area (Å²) in [6.07, 6.45) is -9.41. The van der Waals surface area contributed by atoms with Gasteiger partial charge in [0.25, 0.3) is 0 Å². The SMILES string of the molecule is NCCCCCOC1C(O)[C@H](OP(=O)([O-])[O-])OC([C@H](O)COP(=O)([O-])[O-])[C@H]1O. The number of ether oxygens (including phenoxy) is 2. The third-order valence-corrected chi connectivity index (χ3v) is 4.69. The van der Waals surface area contributed by atoms with Crippen LogP contribution in [0.1, 0.15) is 19.3 Å². The zero-order chi connectivity index (χ0) is 21.5.